The van der Waals surface area contributed by atoms with E-state index in [4.69, 9.17) is 0 Å². The number of hydrogen-bond acceptors (Lipinski definition) is 4. The fraction of sp³-hybridized carbons (Fsp3) is 0.933. The summed E-state index contributed by atoms with van der Waals surface area (Å²) < 4.78 is 0. The molecule has 0 aromatic heterocycles. The summed E-state index contributed by atoms with van der Waals surface area (Å²) in [7, 11) is 0. The third-order valence-electron chi connectivity index (χ3n) is 13.2. The molecule has 0 aromatic carbocycles. The van der Waals surface area contributed by atoms with E-state index in [1.807, 2.05) is 0 Å². The van der Waals surface area contributed by atoms with Crippen LogP contribution in [0.15, 0.2) is 11.6 Å². The summed E-state index contributed by atoms with van der Waals surface area (Å²) in [5.74, 6) is 0.242. The van der Waals surface area contributed by atoms with E-state index in [9.17, 15) is 20.4 Å². The smallest absolute Gasteiger partial charge is 0.104 e. The van der Waals surface area contributed by atoms with Crippen LogP contribution in [0.5, 0.6) is 0 Å². The van der Waals surface area contributed by atoms with Crippen molar-refractivity contribution in [3.8, 4) is 0 Å². The standard InChI is InChI=1S/C30H50O4/c1-24(2)12-14-29(18-31)15-13-28(7)27(6)11-8-19-25(3,4)22(32)9-10-26(19,5)20(27)16-23(33)30(28,34)21(29)17-24/h16,19,21-23,31-34H,8-15,17-18H2,1-7H3/t19-,21+,22-,23+,26-,27+,28-,29+,30+/m0/s1. The van der Waals surface area contributed by atoms with Crippen LogP contribution in [0, 0.1) is 44.3 Å². The monoisotopic (exact) mass is 474 g/mol. The van der Waals surface area contributed by atoms with Crippen molar-refractivity contribution in [1.82, 2.24) is 0 Å². The molecule has 4 nitrogen and oxygen atoms in total. The van der Waals surface area contributed by atoms with E-state index < -0.39 is 17.1 Å². The van der Waals surface area contributed by atoms with Crippen LogP contribution < -0.4 is 0 Å². The molecule has 0 aliphatic heterocycles. The van der Waals surface area contributed by atoms with Gasteiger partial charge in [0.15, 0.2) is 0 Å². The summed E-state index contributed by atoms with van der Waals surface area (Å²) in [6, 6.07) is 0. The number of fused-ring (bicyclic) bond motifs is 7. The van der Waals surface area contributed by atoms with E-state index in [0.29, 0.717) is 5.92 Å². The van der Waals surface area contributed by atoms with E-state index in [0.717, 1.165) is 57.8 Å². The second-order valence-corrected chi connectivity index (χ2v) is 15.3. The molecule has 0 spiro atoms. The van der Waals surface area contributed by atoms with Gasteiger partial charge in [-0.25, -0.2) is 0 Å². The van der Waals surface area contributed by atoms with Crippen molar-refractivity contribution in [2.24, 2.45) is 44.3 Å². The Bertz CT molecular complexity index is 892. The first-order valence-corrected chi connectivity index (χ1v) is 14.0. The van der Waals surface area contributed by atoms with Crippen LogP contribution >= 0.6 is 0 Å². The van der Waals surface area contributed by atoms with Crippen molar-refractivity contribution in [3.05, 3.63) is 11.6 Å². The summed E-state index contributed by atoms with van der Waals surface area (Å²) >= 11 is 0. The van der Waals surface area contributed by atoms with Gasteiger partial charge in [-0.15, -0.1) is 0 Å². The fourth-order valence-corrected chi connectivity index (χ4v) is 10.6. The lowest BCUT2D eigenvalue weighted by atomic mass is 9.32. The quantitative estimate of drug-likeness (QED) is 0.393. The van der Waals surface area contributed by atoms with Crippen molar-refractivity contribution in [3.63, 3.8) is 0 Å². The van der Waals surface area contributed by atoms with E-state index in [2.05, 4.69) is 54.5 Å². The second-order valence-electron chi connectivity index (χ2n) is 15.3. The highest BCUT2D eigenvalue weighted by molar-refractivity contribution is 5.40. The molecular formula is C30H50O4. The van der Waals surface area contributed by atoms with Gasteiger partial charge in [0, 0.05) is 12.0 Å². The Morgan fingerprint density at radius 3 is 2.12 bits per heavy atom. The van der Waals surface area contributed by atoms with Crippen molar-refractivity contribution in [2.75, 3.05) is 6.61 Å². The van der Waals surface area contributed by atoms with Crippen LogP contribution in [0.1, 0.15) is 106 Å². The predicted molar refractivity (Wildman–Crippen MR) is 135 cm³/mol. The lowest BCUT2D eigenvalue weighted by molar-refractivity contribution is -0.294. The van der Waals surface area contributed by atoms with Crippen molar-refractivity contribution < 1.29 is 20.4 Å². The molecule has 5 aliphatic carbocycles. The van der Waals surface area contributed by atoms with Gasteiger partial charge in [0.25, 0.3) is 0 Å². The van der Waals surface area contributed by atoms with Gasteiger partial charge >= 0.3 is 0 Å². The fourth-order valence-electron chi connectivity index (χ4n) is 10.6. The highest BCUT2D eigenvalue weighted by Crippen LogP contribution is 2.76. The van der Waals surface area contributed by atoms with E-state index in [-0.39, 0.29) is 45.7 Å². The zero-order valence-corrected chi connectivity index (χ0v) is 22.7. The molecule has 9 atom stereocenters. The van der Waals surface area contributed by atoms with Crippen molar-refractivity contribution >= 4 is 0 Å². The SMILES string of the molecule is CC1(C)CC[C@]2(CO)CC[C@]3(C)[C@](O)([C@H](O)C=C4[C@@]5(C)CC[C@H](O)C(C)(C)[C@@H]5CC[C@]43C)[C@@H]2C1. The molecule has 0 bridgehead atoms. The van der Waals surface area contributed by atoms with Gasteiger partial charge in [-0.2, -0.15) is 0 Å². The predicted octanol–water partition coefficient (Wildman–Crippen LogP) is 5.23. The molecular weight excluding hydrogens is 424 g/mol. The molecule has 0 amide bonds. The minimum Gasteiger partial charge on any atom is -0.396 e. The van der Waals surface area contributed by atoms with Crippen LogP contribution in [0.25, 0.3) is 0 Å². The Kier molecular flexibility index (Phi) is 5.28. The first-order chi connectivity index (χ1) is 15.5. The molecule has 5 aliphatic rings. The lowest BCUT2D eigenvalue weighted by Crippen LogP contribution is -2.75. The maximum absolute atomic E-state index is 12.8. The molecule has 194 valence electrons. The van der Waals surface area contributed by atoms with Crippen LogP contribution in [-0.2, 0) is 0 Å². The summed E-state index contributed by atoms with van der Waals surface area (Å²) in [6.45, 7) is 16.1. The molecule has 4 N–H and O–H groups in total. The Balaban J connectivity index is 1.67. The maximum atomic E-state index is 12.8. The highest BCUT2D eigenvalue weighted by atomic mass is 16.3. The lowest BCUT2D eigenvalue weighted by Gasteiger charge is -2.74. The first-order valence-electron chi connectivity index (χ1n) is 14.0. The molecule has 0 saturated heterocycles. The summed E-state index contributed by atoms with van der Waals surface area (Å²) in [5.41, 5.74) is -1.06. The minimum absolute atomic E-state index is 0.0849. The van der Waals surface area contributed by atoms with Crippen molar-refractivity contribution in [1.29, 1.82) is 0 Å². The molecule has 34 heavy (non-hydrogen) atoms. The van der Waals surface area contributed by atoms with Crippen molar-refractivity contribution in [2.45, 2.75) is 124 Å². The molecule has 0 heterocycles. The molecule has 5 rings (SSSR count). The van der Waals surface area contributed by atoms with Gasteiger partial charge in [0.2, 0.25) is 0 Å². The average molecular weight is 475 g/mol. The van der Waals surface area contributed by atoms with Crippen LogP contribution in [0.4, 0.5) is 0 Å². The zero-order valence-electron chi connectivity index (χ0n) is 22.7. The molecule has 0 unspecified atom stereocenters. The van der Waals surface area contributed by atoms with Gasteiger partial charge in [-0.3, -0.25) is 0 Å². The number of aliphatic hydroxyl groups is 4. The largest absolute Gasteiger partial charge is 0.396 e. The summed E-state index contributed by atoms with van der Waals surface area (Å²) in [5, 5.41) is 46.3. The second kappa shape index (κ2) is 7.11. The average Bonchev–Trinajstić information content (AvgIpc) is 2.76. The van der Waals surface area contributed by atoms with Gasteiger partial charge in [-0.05, 0) is 96.7 Å². The molecule has 4 saturated carbocycles. The molecule has 4 heteroatoms. The zero-order chi connectivity index (χ0) is 25.2. The van der Waals surface area contributed by atoms with Crippen LogP contribution in [0.2, 0.25) is 0 Å². The van der Waals surface area contributed by atoms with Gasteiger partial charge in [0.05, 0.1) is 6.10 Å². The third kappa shape index (κ3) is 2.75. The number of rotatable bonds is 1. The highest BCUT2D eigenvalue weighted by Gasteiger charge is 2.75. The maximum Gasteiger partial charge on any atom is 0.104 e. The molecule has 0 aromatic rings. The van der Waals surface area contributed by atoms with E-state index in [1.54, 1.807) is 0 Å². The minimum atomic E-state index is -1.25. The van der Waals surface area contributed by atoms with Crippen LogP contribution in [0.3, 0.4) is 0 Å². The van der Waals surface area contributed by atoms with Gasteiger partial charge in [-0.1, -0.05) is 60.1 Å². The summed E-state index contributed by atoms with van der Waals surface area (Å²) in [4.78, 5) is 0. The topological polar surface area (TPSA) is 80.9 Å². The summed E-state index contributed by atoms with van der Waals surface area (Å²) in [6.07, 6.45) is 9.15. The Hall–Kier alpha value is -0.420. The molecule has 0 radical (unpaired) electrons. The van der Waals surface area contributed by atoms with Crippen LogP contribution in [-0.4, -0.2) is 44.8 Å². The Labute approximate surface area is 207 Å². The van der Waals surface area contributed by atoms with Gasteiger partial charge < -0.3 is 20.4 Å². The number of aliphatic hydroxyl groups excluding tert-OH is 3. The van der Waals surface area contributed by atoms with Gasteiger partial charge in [0.1, 0.15) is 11.7 Å². The molecule has 4 fully saturated rings. The third-order valence-corrected chi connectivity index (χ3v) is 13.2. The number of hydrogen-bond donors (Lipinski definition) is 4. The Morgan fingerprint density at radius 1 is 0.824 bits per heavy atom. The first kappa shape index (κ1) is 25.2. The normalized spacial score (nSPS) is 55.8. The Morgan fingerprint density at radius 2 is 1.47 bits per heavy atom. The van der Waals surface area contributed by atoms with E-state index in [1.165, 1.54) is 5.57 Å². The number of allylic oxidation sites excluding steroid dienone is 1. The van der Waals surface area contributed by atoms with E-state index >= 15 is 0 Å².